The molecular formula is C23H27N5O3S. The van der Waals surface area contributed by atoms with Crippen LogP contribution < -0.4 is 15.0 Å². The quantitative estimate of drug-likeness (QED) is 0.523. The Morgan fingerprint density at radius 3 is 2.56 bits per heavy atom. The van der Waals surface area contributed by atoms with Crippen molar-refractivity contribution < 1.29 is 14.3 Å². The predicted octanol–water partition coefficient (Wildman–Crippen LogP) is 3.52. The Kier molecular flexibility index (Phi) is 7.28. The first-order valence-electron chi connectivity index (χ1n) is 10.6. The van der Waals surface area contributed by atoms with E-state index in [2.05, 4.69) is 20.4 Å². The number of nitrogens with one attached hydrogen (secondary N) is 1. The fraction of sp³-hybridized carbons (Fsp3) is 0.348. The second-order valence-electron chi connectivity index (χ2n) is 7.46. The zero-order valence-electron chi connectivity index (χ0n) is 18.2. The summed E-state index contributed by atoms with van der Waals surface area (Å²) in [4.78, 5) is 14.7. The SMILES string of the molecule is C[C@@H](Oc1ccccc1)c1nnc(SCC(=O)Nc2ccc(N3CCOCC3)cc2)n1C. The van der Waals surface area contributed by atoms with Gasteiger partial charge in [-0.05, 0) is 43.3 Å². The molecule has 1 aliphatic rings. The molecule has 168 valence electrons. The number of hydrogen-bond donors (Lipinski definition) is 1. The van der Waals surface area contributed by atoms with E-state index in [1.54, 1.807) is 0 Å². The van der Waals surface area contributed by atoms with Gasteiger partial charge in [0.1, 0.15) is 5.75 Å². The van der Waals surface area contributed by atoms with Gasteiger partial charge in [-0.25, -0.2) is 0 Å². The summed E-state index contributed by atoms with van der Waals surface area (Å²) >= 11 is 1.34. The van der Waals surface area contributed by atoms with Crippen LogP contribution in [0.3, 0.4) is 0 Å². The smallest absolute Gasteiger partial charge is 0.234 e. The molecule has 3 aromatic rings. The molecule has 0 unspecified atom stereocenters. The lowest BCUT2D eigenvalue weighted by molar-refractivity contribution is -0.113. The van der Waals surface area contributed by atoms with Crippen LogP contribution in [0.2, 0.25) is 0 Å². The molecule has 1 amide bonds. The standard InChI is InChI=1S/C23H27N5O3S/c1-17(31-20-6-4-3-5-7-20)22-25-26-23(27(22)2)32-16-21(29)24-18-8-10-19(11-9-18)28-12-14-30-15-13-28/h3-11,17H,12-16H2,1-2H3,(H,24,29)/t17-/m1/s1. The van der Waals surface area contributed by atoms with Gasteiger partial charge in [-0.3, -0.25) is 4.79 Å². The van der Waals surface area contributed by atoms with Gasteiger partial charge in [-0.1, -0.05) is 30.0 Å². The lowest BCUT2D eigenvalue weighted by Gasteiger charge is -2.28. The zero-order valence-corrected chi connectivity index (χ0v) is 19.0. The number of thioether (sulfide) groups is 1. The molecule has 1 N–H and O–H groups in total. The summed E-state index contributed by atoms with van der Waals surface area (Å²) < 4.78 is 13.2. The number of anilines is 2. The van der Waals surface area contributed by atoms with E-state index in [9.17, 15) is 4.79 Å². The van der Waals surface area contributed by atoms with Crippen molar-refractivity contribution in [3.63, 3.8) is 0 Å². The number of ether oxygens (including phenoxy) is 2. The Balaban J connectivity index is 1.28. The third kappa shape index (κ3) is 5.60. The minimum atomic E-state index is -0.261. The number of nitrogens with zero attached hydrogens (tertiary/aromatic N) is 4. The molecule has 4 rings (SSSR count). The number of benzene rings is 2. The number of aromatic nitrogens is 3. The van der Waals surface area contributed by atoms with E-state index < -0.39 is 0 Å². The van der Waals surface area contributed by atoms with Crippen molar-refractivity contribution in [2.45, 2.75) is 18.2 Å². The number of morpholine rings is 1. The van der Waals surface area contributed by atoms with Crippen molar-refractivity contribution in [2.75, 3.05) is 42.3 Å². The van der Waals surface area contributed by atoms with Crippen molar-refractivity contribution in [3.05, 3.63) is 60.4 Å². The lowest BCUT2D eigenvalue weighted by Crippen LogP contribution is -2.36. The summed E-state index contributed by atoms with van der Waals surface area (Å²) in [6, 6.07) is 17.5. The van der Waals surface area contributed by atoms with Crippen molar-refractivity contribution >= 4 is 29.0 Å². The van der Waals surface area contributed by atoms with Crippen molar-refractivity contribution in [1.82, 2.24) is 14.8 Å². The van der Waals surface area contributed by atoms with Crippen LogP contribution in [0, 0.1) is 0 Å². The topological polar surface area (TPSA) is 81.5 Å². The first-order valence-corrected chi connectivity index (χ1v) is 11.5. The molecule has 2 aromatic carbocycles. The average Bonchev–Trinajstić information content (AvgIpc) is 3.20. The van der Waals surface area contributed by atoms with E-state index in [1.165, 1.54) is 11.8 Å². The van der Waals surface area contributed by atoms with E-state index in [0.717, 1.165) is 43.4 Å². The Hall–Kier alpha value is -3.04. The molecule has 0 aliphatic carbocycles. The number of carbonyl (C=O) groups is 1. The van der Waals surface area contributed by atoms with Crippen LogP contribution in [0.5, 0.6) is 5.75 Å². The minimum Gasteiger partial charge on any atom is -0.483 e. The molecule has 0 spiro atoms. The Morgan fingerprint density at radius 1 is 1.12 bits per heavy atom. The largest absolute Gasteiger partial charge is 0.483 e. The van der Waals surface area contributed by atoms with Crippen LogP contribution in [0.15, 0.2) is 59.8 Å². The lowest BCUT2D eigenvalue weighted by atomic mass is 10.2. The molecule has 1 saturated heterocycles. The predicted molar refractivity (Wildman–Crippen MR) is 125 cm³/mol. The zero-order chi connectivity index (χ0) is 22.3. The van der Waals surface area contributed by atoms with E-state index in [0.29, 0.717) is 11.0 Å². The van der Waals surface area contributed by atoms with Crippen LogP contribution in [0.4, 0.5) is 11.4 Å². The first kappa shape index (κ1) is 22.2. The maximum absolute atomic E-state index is 12.4. The van der Waals surface area contributed by atoms with Gasteiger partial charge >= 0.3 is 0 Å². The van der Waals surface area contributed by atoms with E-state index in [1.807, 2.05) is 73.1 Å². The summed E-state index contributed by atoms with van der Waals surface area (Å²) in [6.07, 6.45) is -0.261. The van der Waals surface area contributed by atoms with Gasteiger partial charge < -0.3 is 24.3 Å². The first-order chi connectivity index (χ1) is 15.6. The maximum atomic E-state index is 12.4. The molecular weight excluding hydrogens is 426 g/mol. The van der Waals surface area contributed by atoms with Gasteiger partial charge in [0.2, 0.25) is 5.91 Å². The molecule has 8 nitrogen and oxygen atoms in total. The van der Waals surface area contributed by atoms with Crippen LogP contribution in [-0.4, -0.2) is 52.7 Å². The third-order valence-electron chi connectivity index (χ3n) is 5.15. The second kappa shape index (κ2) is 10.5. The van der Waals surface area contributed by atoms with E-state index in [4.69, 9.17) is 9.47 Å². The van der Waals surface area contributed by atoms with Crippen LogP contribution >= 0.6 is 11.8 Å². The van der Waals surface area contributed by atoms with E-state index in [-0.39, 0.29) is 17.8 Å². The van der Waals surface area contributed by atoms with Crippen molar-refractivity contribution in [1.29, 1.82) is 0 Å². The molecule has 1 fully saturated rings. The normalized spacial score (nSPS) is 14.8. The molecule has 0 radical (unpaired) electrons. The van der Waals surface area contributed by atoms with Crippen LogP contribution in [0.1, 0.15) is 18.9 Å². The molecule has 0 bridgehead atoms. The van der Waals surface area contributed by atoms with Crippen molar-refractivity contribution in [3.8, 4) is 5.75 Å². The van der Waals surface area contributed by atoms with Gasteiger partial charge in [0, 0.05) is 31.5 Å². The minimum absolute atomic E-state index is 0.0905. The Bertz CT molecular complexity index is 1020. The van der Waals surface area contributed by atoms with E-state index >= 15 is 0 Å². The van der Waals surface area contributed by atoms with Gasteiger partial charge in [-0.15, -0.1) is 10.2 Å². The molecule has 32 heavy (non-hydrogen) atoms. The fourth-order valence-corrected chi connectivity index (χ4v) is 4.18. The molecule has 1 aromatic heterocycles. The maximum Gasteiger partial charge on any atom is 0.234 e. The monoisotopic (exact) mass is 453 g/mol. The molecule has 9 heteroatoms. The molecule has 2 heterocycles. The highest BCUT2D eigenvalue weighted by Gasteiger charge is 2.18. The van der Waals surface area contributed by atoms with Crippen LogP contribution in [0.25, 0.3) is 0 Å². The third-order valence-corrected chi connectivity index (χ3v) is 6.17. The van der Waals surface area contributed by atoms with Gasteiger partial charge in [0.15, 0.2) is 17.1 Å². The summed E-state index contributed by atoms with van der Waals surface area (Å²) in [5.41, 5.74) is 1.91. The molecule has 0 saturated carbocycles. The van der Waals surface area contributed by atoms with Gasteiger partial charge in [0.25, 0.3) is 0 Å². The number of amides is 1. The van der Waals surface area contributed by atoms with Gasteiger partial charge in [-0.2, -0.15) is 0 Å². The number of carbonyl (C=O) groups excluding carboxylic acids is 1. The number of hydrogen-bond acceptors (Lipinski definition) is 7. The van der Waals surface area contributed by atoms with Crippen molar-refractivity contribution in [2.24, 2.45) is 7.05 Å². The molecule has 1 aliphatic heterocycles. The van der Waals surface area contributed by atoms with Gasteiger partial charge in [0.05, 0.1) is 19.0 Å². The second-order valence-corrected chi connectivity index (χ2v) is 8.40. The highest BCUT2D eigenvalue weighted by Crippen LogP contribution is 2.24. The number of para-hydroxylation sites is 1. The fourth-order valence-electron chi connectivity index (χ4n) is 3.47. The Morgan fingerprint density at radius 2 is 1.84 bits per heavy atom. The summed E-state index contributed by atoms with van der Waals surface area (Å²) in [5.74, 6) is 1.63. The average molecular weight is 454 g/mol. The summed E-state index contributed by atoms with van der Waals surface area (Å²) in [7, 11) is 1.88. The highest BCUT2D eigenvalue weighted by atomic mass is 32.2. The van der Waals surface area contributed by atoms with Crippen LogP contribution in [-0.2, 0) is 16.6 Å². The highest BCUT2D eigenvalue weighted by molar-refractivity contribution is 7.99. The summed E-state index contributed by atoms with van der Waals surface area (Å²) in [6.45, 7) is 5.19. The number of rotatable bonds is 8. The Labute approximate surface area is 191 Å². The summed E-state index contributed by atoms with van der Waals surface area (Å²) in [5, 5.41) is 12.1. The molecule has 1 atom stereocenters.